The zero-order valence-corrected chi connectivity index (χ0v) is 15.2. The van der Waals surface area contributed by atoms with Crippen molar-refractivity contribution in [3.05, 3.63) is 59.2 Å². The molecular formula is C21H24N2O3. The zero-order chi connectivity index (χ0) is 18.5. The Morgan fingerprint density at radius 2 is 1.81 bits per heavy atom. The molecule has 1 aliphatic heterocycles. The molecule has 5 nitrogen and oxygen atoms in total. The number of nitrogens with one attached hydrogen (secondary N) is 1. The minimum absolute atomic E-state index is 0.00655. The number of amides is 2. The fourth-order valence-corrected chi connectivity index (χ4v) is 2.95. The molecule has 1 N–H and O–H groups in total. The van der Waals surface area contributed by atoms with Gasteiger partial charge in [-0.2, -0.15) is 0 Å². The van der Waals surface area contributed by atoms with Crippen LogP contribution in [0.15, 0.2) is 42.5 Å². The summed E-state index contributed by atoms with van der Waals surface area (Å²) in [6, 6.07) is 12.7. The lowest BCUT2D eigenvalue weighted by Crippen LogP contribution is -2.32. The van der Waals surface area contributed by atoms with Crippen LogP contribution in [-0.2, 0) is 4.79 Å². The van der Waals surface area contributed by atoms with E-state index in [1.807, 2.05) is 36.9 Å². The number of aryl methyl sites for hydroxylation is 2. The average Bonchev–Trinajstić information content (AvgIpc) is 3.17. The summed E-state index contributed by atoms with van der Waals surface area (Å²) in [7, 11) is 0. The van der Waals surface area contributed by atoms with Crippen LogP contribution in [0, 0.1) is 13.8 Å². The lowest BCUT2D eigenvalue weighted by atomic mass is 10.1. The Hall–Kier alpha value is -2.82. The lowest BCUT2D eigenvalue weighted by Gasteiger charge is -2.15. The van der Waals surface area contributed by atoms with Gasteiger partial charge in [0.2, 0.25) is 0 Å². The van der Waals surface area contributed by atoms with E-state index in [2.05, 4.69) is 5.32 Å². The first-order valence-electron chi connectivity index (χ1n) is 8.92. The van der Waals surface area contributed by atoms with Gasteiger partial charge in [0.25, 0.3) is 11.8 Å². The summed E-state index contributed by atoms with van der Waals surface area (Å²) in [6.07, 6.45) is 2.12. The number of ether oxygens (including phenoxy) is 1. The smallest absolute Gasteiger partial charge is 0.260 e. The molecule has 2 amide bonds. The first-order valence-corrected chi connectivity index (χ1v) is 8.92. The maximum atomic E-state index is 12.4. The van der Waals surface area contributed by atoms with Gasteiger partial charge < -0.3 is 15.0 Å². The van der Waals surface area contributed by atoms with Gasteiger partial charge in [0.15, 0.2) is 6.61 Å². The predicted octanol–water partition coefficient (Wildman–Crippen LogP) is 3.56. The highest BCUT2D eigenvalue weighted by Gasteiger charge is 2.18. The van der Waals surface area contributed by atoms with Crippen LogP contribution in [0.3, 0.4) is 0 Å². The molecule has 0 aliphatic carbocycles. The van der Waals surface area contributed by atoms with E-state index < -0.39 is 0 Å². The second-order valence-electron chi connectivity index (χ2n) is 6.66. The van der Waals surface area contributed by atoms with Crippen molar-refractivity contribution in [2.75, 3.05) is 25.0 Å². The summed E-state index contributed by atoms with van der Waals surface area (Å²) < 4.78 is 5.60. The molecule has 0 spiro atoms. The largest absolute Gasteiger partial charge is 0.484 e. The van der Waals surface area contributed by atoms with Crippen LogP contribution >= 0.6 is 0 Å². The van der Waals surface area contributed by atoms with Crippen LogP contribution in [0.25, 0.3) is 0 Å². The Morgan fingerprint density at radius 3 is 2.54 bits per heavy atom. The van der Waals surface area contributed by atoms with Gasteiger partial charge in [0.05, 0.1) is 0 Å². The minimum atomic E-state index is -0.168. The van der Waals surface area contributed by atoms with E-state index in [0.29, 0.717) is 17.0 Å². The third kappa shape index (κ3) is 4.42. The Kier molecular flexibility index (Phi) is 5.56. The van der Waals surface area contributed by atoms with Crippen LogP contribution < -0.4 is 10.1 Å². The van der Waals surface area contributed by atoms with Crippen molar-refractivity contribution in [3.63, 3.8) is 0 Å². The molecule has 0 saturated carbocycles. The van der Waals surface area contributed by atoms with Crippen LogP contribution in [0.2, 0.25) is 0 Å². The molecule has 0 aromatic heterocycles. The Morgan fingerprint density at radius 1 is 1.04 bits per heavy atom. The summed E-state index contributed by atoms with van der Waals surface area (Å²) in [5, 5.41) is 2.87. The number of hydrogen-bond donors (Lipinski definition) is 1. The minimum Gasteiger partial charge on any atom is -0.484 e. The number of likely N-dealkylation sites (tertiary alicyclic amines) is 1. The van der Waals surface area contributed by atoms with Gasteiger partial charge in [-0.25, -0.2) is 0 Å². The van der Waals surface area contributed by atoms with Gasteiger partial charge in [-0.3, -0.25) is 9.59 Å². The predicted molar refractivity (Wildman–Crippen MR) is 102 cm³/mol. The second kappa shape index (κ2) is 8.04. The van der Waals surface area contributed by atoms with Crippen molar-refractivity contribution in [3.8, 4) is 5.75 Å². The zero-order valence-electron chi connectivity index (χ0n) is 15.2. The highest BCUT2D eigenvalue weighted by molar-refractivity contribution is 6.04. The molecular weight excluding hydrogens is 328 g/mol. The quantitative estimate of drug-likeness (QED) is 0.895. The van der Waals surface area contributed by atoms with E-state index in [-0.39, 0.29) is 18.4 Å². The van der Waals surface area contributed by atoms with Gasteiger partial charge in [-0.1, -0.05) is 12.1 Å². The van der Waals surface area contributed by atoms with Crippen LogP contribution in [-0.4, -0.2) is 36.4 Å². The number of anilines is 1. The third-order valence-corrected chi connectivity index (χ3v) is 4.68. The molecule has 0 radical (unpaired) electrons. The molecule has 0 bridgehead atoms. The van der Waals surface area contributed by atoms with Crippen molar-refractivity contribution in [1.29, 1.82) is 0 Å². The third-order valence-electron chi connectivity index (χ3n) is 4.68. The Balaban J connectivity index is 1.60. The Labute approximate surface area is 154 Å². The number of rotatable bonds is 5. The summed E-state index contributed by atoms with van der Waals surface area (Å²) >= 11 is 0. The fraction of sp³-hybridized carbons (Fsp3) is 0.333. The topological polar surface area (TPSA) is 58.6 Å². The van der Waals surface area contributed by atoms with E-state index in [0.717, 1.165) is 37.1 Å². The first-order chi connectivity index (χ1) is 12.5. The molecule has 136 valence electrons. The molecule has 1 saturated heterocycles. The van der Waals surface area contributed by atoms with Crippen molar-refractivity contribution in [1.82, 2.24) is 4.90 Å². The molecule has 26 heavy (non-hydrogen) atoms. The van der Waals surface area contributed by atoms with E-state index in [4.69, 9.17) is 4.74 Å². The van der Waals surface area contributed by atoms with Crippen LogP contribution in [0.1, 0.15) is 34.3 Å². The van der Waals surface area contributed by atoms with Crippen LogP contribution in [0.4, 0.5) is 5.69 Å². The molecule has 1 aliphatic rings. The highest BCUT2D eigenvalue weighted by atomic mass is 16.5. The summed E-state index contributed by atoms with van der Waals surface area (Å²) in [5.41, 5.74) is 3.48. The molecule has 3 rings (SSSR count). The van der Waals surface area contributed by atoms with E-state index in [1.165, 1.54) is 0 Å². The summed E-state index contributed by atoms with van der Waals surface area (Å²) in [6.45, 7) is 5.65. The molecule has 2 aromatic rings. The Bertz CT molecular complexity index is 811. The summed E-state index contributed by atoms with van der Waals surface area (Å²) in [4.78, 5) is 26.3. The molecule has 2 aromatic carbocycles. The summed E-state index contributed by atoms with van der Waals surface area (Å²) in [5.74, 6) is 0.404. The molecule has 5 heteroatoms. The van der Waals surface area contributed by atoms with Crippen molar-refractivity contribution < 1.29 is 14.3 Å². The van der Waals surface area contributed by atoms with Gasteiger partial charge in [-0.15, -0.1) is 0 Å². The highest BCUT2D eigenvalue weighted by Crippen LogP contribution is 2.19. The maximum Gasteiger partial charge on any atom is 0.260 e. The standard InChI is InChI=1S/C21H24N2O3/c1-15-8-9-17(12-16(15)2)21(25)22-18-6-5-7-19(13-18)26-14-20(24)23-10-3-4-11-23/h5-9,12-13H,3-4,10-11,14H2,1-2H3,(H,22,25). The number of hydrogen-bond acceptors (Lipinski definition) is 3. The molecule has 1 fully saturated rings. The van der Waals surface area contributed by atoms with Crippen molar-refractivity contribution in [2.24, 2.45) is 0 Å². The maximum absolute atomic E-state index is 12.4. The number of benzene rings is 2. The first kappa shape index (κ1) is 18.0. The SMILES string of the molecule is Cc1ccc(C(=O)Nc2cccc(OCC(=O)N3CCCC3)c2)cc1C. The van der Waals surface area contributed by atoms with Gasteiger partial charge in [0, 0.05) is 30.4 Å². The van der Waals surface area contributed by atoms with E-state index in [9.17, 15) is 9.59 Å². The molecule has 1 heterocycles. The normalized spacial score (nSPS) is 13.5. The lowest BCUT2D eigenvalue weighted by molar-refractivity contribution is -0.132. The van der Waals surface area contributed by atoms with E-state index in [1.54, 1.807) is 24.3 Å². The monoisotopic (exact) mass is 352 g/mol. The second-order valence-corrected chi connectivity index (χ2v) is 6.66. The fourth-order valence-electron chi connectivity index (χ4n) is 2.95. The van der Waals surface area contributed by atoms with Gasteiger partial charge >= 0.3 is 0 Å². The average molecular weight is 352 g/mol. The number of nitrogens with zero attached hydrogens (tertiary/aromatic N) is 1. The van der Waals surface area contributed by atoms with Crippen molar-refractivity contribution >= 4 is 17.5 Å². The van der Waals surface area contributed by atoms with Gasteiger partial charge in [0.1, 0.15) is 5.75 Å². The van der Waals surface area contributed by atoms with Gasteiger partial charge in [-0.05, 0) is 62.1 Å². The number of carbonyl (C=O) groups is 2. The van der Waals surface area contributed by atoms with Crippen molar-refractivity contribution in [2.45, 2.75) is 26.7 Å². The van der Waals surface area contributed by atoms with E-state index >= 15 is 0 Å². The molecule has 0 atom stereocenters. The van der Waals surface area contributed by atoms with Crippen LogP contribution in [0.5, 0.6) is 5.75 Å². The number of carbonyl (C=O) groups excluding carboxylic acids is 2. The molecule has 0 unspecified atom stereocenters.